The molecule has 1 aliphatic carbocycles. The van der Waals surface area contributed by atoms with Crippen LogP contribution in [0.3, 0.4) is 0 Å². The van der Waals surface area contributed by atoms with Crippen molar-refractivity contribution < 1.29 is 4.42 Å². The van der Waals surface area contributed by atoms with Gasteiger partial charge in [0.1, 0.15) is 0 Å². The zero-order valence-electron chi connectivity index (χ0n) is 6.96. The first-order valence-electron chi connectivity index (χ1n) is 4.09. The molecule has 1 aromatic rings. The summed E-state index contributed by atoms with van der Waals surface area (Å²) in [5.41, 5.74) is 2.50. The average molecular weight is 200 g/mol. The first kappa shape index (κ1) is 8.59. The van der Waals surface area contributed by atoms with Crippen molar-refractivity contribution in [3.8, 4) is 0 Å². The smallest absolute Gasteiger partial charge is 0.194 e. The van der Waals surface area contributed by atoms with E-state index in [1.165, 1.54) is 0 Å². The molecular weight excluding hydrogens is 190 g/mol. The highest BCUT2D eigenvalue weighted by atomic mass is 35.5. The van der Waals surface area contributed by atoms with Gasteiger partial charge in [0.2, 0.25) is 0 Å². The maximum atomic E-state index is 5.62. The van der Waals surface area contributed by atoms with Crippen molar-refractivity contribution >= 4 is 17.4 Å². The molecular formula is C8H10ClN3O. The Morgan fingerprint density at radius 1 is 1.62 bits per heavy atom. The molecule has 1 heterocycles. The normalized spacial score (nSPS) is 17.5. The Hall–Kier alpha value is -1.00. The molecule has 1 aliphatic rings. The van der Waals surface area contributed by atoms with Crippen molar-refractivity contribution in [3.05, 3.63) is 23.1 Å². The second kappa shape index (κ2) is 3.40. The number of nitrogens with two attached hydrogens (primary N) is 1. The van der Waals surface area contributed by atoms with Gasteiger partial charge in [0.05, 0.1) is 6.04 Å². The molecule has 0 radical (unpaired) electrons. The van der Waals surface area contributed by atoms with E-state index in [1.807, 2.05) is 0 Å². The third kappa shape index (κ3) is 2.02. The van der Waals surface area contributed by atoms with E-state index < -0.39 is 0 Å². The molecule has 70 valence electrons. The first-order valence-corrected chi connectivity index (χ1v) is 4.47. The molecule has 0 unspecified atom stereocenters. The standard InChI is InChI=1S/C8H10ClN3O/c9-7-4-3-6(13-7)8(12-10)11-5-1-2-5/h3-5H,1-2,10H2,(H,11,12). The number of halogens is 1. The number of hydrogen-bond donors (Lipinski definition) is 2. The van der Waals surface area contributed by atoms with Crippen molar-refractivity contribution in [3.63, 3.8) is 0 Å². The van der Waals surface area contributed by atoms with Crippen LogP contribution < -0.4 is 11.3 Å². The summed E-state index contributed by atoms with van der Waals surface area (Å²) < 4.78 is 5.16. The largest absolute Gasteiger partial charge is 0.441 e. The molecule has 0 aromatic carbocycles. The van der Waals surface area contributed by atoms with Gasteiger partial charge in [-0.25, -0.2) is 5.84 Å². The predicted octanol–water partition coefficient (Wildman–Crippen LogP) is 1.31. The summed E-state index contributed by atoms with van der Waals surface area (Å²) in [4.78, 5) is 4.32. The molecule has 0 saturated heterocycles. The van der Waals surface area contributed by atoms with Gasteiger partial charge in [-0.1, -0.05) is 0 Å². The number of furan rings is 1. The third-order valence-corrected chi connectivity index (χ3v) is 2.01. The highest BCUT2D eigenvalue weighted by Crippen LogP contribution is 2.24. The fourth-order valence-electron chi connectivity index (χ4n) is 1.000. The van der Waals surface area contributed by atoms with Crippen LogP contribution in [0.15, 0.2) is 21.5 Å². The highest BCUT2D eigenvalue weighted by Gasteiger charge is 2.22. The SMILES string of the molecule is NNC(=NC1CC1)c1ccc(Cl)o1. The van der Waals surface area contributed by atoms with Crippen molar-refractivity contribution in [1.82, 2.24) is 5.43 Å². The molecule has 1 fully saturated rings. The quantitative estimate of drug-likeness (QED) is 0.327. The summed E-state index contributed by atoms with van der Waals surface area (Å²) in [5.74, 6) is 6.45. The Bertz CT molecular complexity index is 330. The van der Waals surface area contributed by atoms with E-state index >= 15 is 0 Å². The lowest BCUT2D eigenvalue weighted by atomic mass is 10.4. The first-order chi connectivity index (χ1) is 6.29. The Morgan fingerprint density at radius 2 is 2.38 bits per heavy atom. The van der Waals surface area contributed by atoms with E-state index in [1.54, 1.807) is 12.1 Å². The lowest BCUT2D eigenvalue weighted by Crippen LogP contribution is -2.31. The maximum absolute atomic E-state index is 5.62. The summed E-state index contributed by atoms with van der Waals surface area (Å²) >= 11 is 5.62. The molecule has 4 nitrogen and oxygen atoms in total. The molecule has 0 atom stereocenters. The molecule has 5 heteroatoms. The maximum Gasteiger partial charge on any atom is 0.194 e. The Balaban J connectivity index is 2.20. The van der Waals surface area contributed by atoms with Gasteiger partial charge in [-0.15, -0.1) is 0 Å². The van der Waals surface area contributed by atoms with Crippen LogP contribution >= 0.6 is 11.6 Å². The third-order valence-electron chi connectivity index (χ3n) is 1.80. The van der Waals surface area contributed by atoms with Crippen LogP contribution in [0.2, 0.25) is 5.22 Å². The number of nitrogens with zero attached hydrogens (tertiary/aromatic N) is 1. The van der Waals surface area contributed by atoms with Gasteiger partial charge in [-0.2, -0.15) is 0 Å². The minimum atomic E-state index is 0.341. The van der Waals surface area contributed by atoms with Crippen molar-refractivity contribution in [2.45, 2.75) is 18.9 Å². The van der Waals surface area contributed by atoms with E-state index in [9.17, 15) is 0 Å². The summed E-state index contributed by atoms with van der Waals surface area (Å²) in [5, 5.41) is 0.341. The Kier molecular flexibility index (Phi) is 2.24. The molecule has 1 aromatic heterocycles. The molecule has 0 bridgehead atoms. The average Bonchev–Trinajstić information content (AvgIpc) is 2.84. The Labute approximate surface area is 80.7 Å². The monoisotopic (exact) mass is 199 g/mol. The lowest BCUT2D eigenvalue weighted by molar-refractivity contribution is 0.555. The number of hydrazine groups is 1. The summed E-state index contributed by atoms with van der Waals surface area (Å²) in [7, 11) is 0. The van der Waals surface area contributed by atoms with Gasteiger partial charge in [0, 0.05) is 0 Å². The Morgan fingerprint density at radius 3 is 2.85 bits per heavy atom. The van der Waals surface area contributed by atoms with E-state index in [0.29, 0.717) is 22.9 Å². The molecule has 0 spiro atoms. The molecule has 0 amide bonds. The zero-order valence-corrected chi connectivity index (χ0v) is 7.71. The molecule has 0 aliphatic heterocycles. The lowest BCUT2D eigenvalue weighted by Gasteiger charge is -2.00. The molecule has 13 heavy (non-hydrogen) atoms. The van der Waals surface area contributed by atoms with Gasteiger partial charge in [-0.05, 0) is 36.6 Å². The molecule has 2 rings (SSSR count). The van der Waals surface area contributed by atoms with Gasteiger partial charge < -0.3 is 9.84 Å². The van der Waals surface area contributed by atoms with Crippen LogP contribution in [0.4, 0.5) is 0 Å². The number of hydrogen-bond acceptors (Lipinski definition) is 3. The van der Waals surface area contributed by atoms with E-state index in [0.717, 1.165) is 12.8 Å². The number of amidine groups is 1. The number of rotatable bonds is 2. The minimum Gasteiger partial charge on any atom is -0.441 e. The van der Waals surface area contributed by atoms with Crippen LogP contribution in [-0.2, 0) is 0 Å². The van der Waals surface area contributed by atoms with Crippen molar-refractivity contribution in [2.24, 2.45) is 10.8 Å². The van der Waals surface area contributed by atoms with Crippen LogP contribution in [0.5, 0.6) is 0 Å². The molecule has 3 N–H and O–H groups in total. The predicted molar refractivity (Wildman–Crippen MR) is 50.6 cm³/mol. The van der Waals surface area contributed by atoms with Crippen LogP contribution in [-0.4, -0.2) is 11.9 Å². The van der Waals surface area contributed by atoms with E-state index in [-0.39, 0.29) is 0 Å². The zero-order chi connectivity index (χ0) is 9.26. The van der Waals surface area contributed by atoms with Gasteiger partial charge in [-0.3, -0.25) is 4.99 Å². The fraction of sp³-hybridized carbons (Fsp3) is 0.375. The summed E-state index contributed by atoms with van der Waals surface area (Å²) in [6.07, 6.45) is 2.25. The molecule has 1 saturated carbocycles. The summed E-state index contributed by atoms with van der Waals surface area (Å²) in [6.45, 7) is 0. The van der Waals surface area contributed by atoms with Crippen LogP contribution in [0, 0.1) is 0 Å². The second-order valence-corrected chi connectivity index (χ2v) is 3.33. The highest BCUT2D eigenvalue weighted by molar-refractivity contribution is 6.29. The second-order valence-electron chi connectivity index (χ2n) is 2.96. The van der Waals surface area contributed by atoms with Gasteiger partial charge in [0.25, 0.3) is 0 Å². The van der Waals surface area contributed by atoms with Crippen LogP contribution in [0.25, 0.3) is 0 Å². The number of nitrogens with one attached hydrogen (secondary N) is 1. The van der Waals surface area contributed by atoms with Crippen molar-refractivity contribution in [2.75, 3.05) is 0 Å². The topological polar surface area (TPSA) is 63.5 Å². The van der Waals surface area contributed by atoms with E-state index in [2.05, 4.69) is 10.4 Å². The minimum absolute atomic E-state index is 0.341. The van der Waals surface area contributed by atoms with Crippen LogP contribution in [0.1, 0.15) is 18.6 Å². The number of aliphatic imine (C=N–C) groups is 1. The van der Waals surface area contributed by atoms with E-state index in [4.69, 9.17) is 21.9 Å². The van der Waals surface area contributed by atoms with Gasteiger partial charge >= 0.3 is 0 Å². The summed E-state index contributed by atoms with van der Waals surface area (Å²) in [6, 6.07) is 3.80. The fourth-order valence-corrected chi connectivity index (χ4v) is 1.15. The van der Waals surface area contributed by atoms with Gasteiger partial charge in [0.15, 0.2) is 16.8 Å². The van der Waals surface area contributed by atoms with Crippen molar-refractivity contribution in [1.29, 1.82) is 0 Å².